The van der Waals surface area contributed by atoms with Crippen LogP contribution in [0.4, 0.5) is 0 Å². The average Bonchev–Trinajstić information content (AvgIpc) is 2.67. The van der Waals surface area contributed by atoms with Crippen LogP contribution in [0.5, 0.6) is 0 Å². The van der Waals surface area contributed by atoms with Crippen LogP contribution in [0, 0.1) is 0 Å². The summed E-state index contributed by atoms with van der Waals surface area (Å²) < 4.78 is 0. The predicted octanol–water partition coefficient (Wildman–Crippen LogP) is 3.14. The number of aromatic amines is 1. The van der Waals surface area contributed by atoms with Crippen molar-refractivity contribution in [3.8, 4) is 0 Å². The van der Waals surface area contributed by atoms with Crippen molar-refractivity contribution in [3.05, 3.63) is 42.4 Å². The average molecular weight is 209 g/mol. The van der Waals surface area contributed by atoms with Gasteiger partial charge in [-0.2, -0.15) is 0 Å². The van der Waals surface area contributed by atoms with Crippen molar-refractivity contribution in [3.63, 3.8) is 0 Å². The second kappa shape index (κ2) is 3.45. The molecule has 0 fully saturated rings. The molecule has 16 heavy (non-hydrogen) atoms. The number of allylic oxidation sites excluding steroid dienone is 1. The summed E-state index contributed by atoms with van der Waals surface area (Å²) in [5.74, 6) is 0. The number of fused-ring (bicyclic) bond motifs is 3. The fourth-order valence-corrected chi connectivity index (χ4v) is 1.90. The number of pyridine rings is 2. The molecule has 0 aromatic carbocycles. The molecule has 0 saturated heterocycles. The molecule has 0 unspecified atom stereocenters. The second-order valence-corrected chi connectivity index (χ2v) is 3.68. The quantitative estimate of drug-likeness (QED) is 0.669. The molecular weight excluding hydrogens is 198 g/mol. The van der Waals surface area contributed by atoms with Gasteiger partial charge in [0.15, 0.2) is 0 Å². The van der Waals surface area contributed by atoms with Gasteiger partial charge < -0.3 is 4.98 Å². The van der Waals surface area contributed by atoms with Crippen molar-refractivity contribution in [2.24, 2.45) is 0 Å². The van der Waals surface area contributed by atoms with E-state index in [1.54, 1.807) is 6.20 Å². The molecule has 3 rings (SSSR count). The van der Waals surface area contributed by atoms with Gasteiger partial charge in [-0.15, -0.1) is 0 Å². The first-order valence-electron chi connectivity index (χ1n) is 5.23. The van der Waals surface area contributed by atoms with E-state index in [-0.39, 0.29) is 0 Å². The molecule has 0 bridgehead atoms. The minimum atomic E-state index is 0.915. The Morgan fingerprint density at radius 3 is 3.00 bits per heavy atom. The van der Waals surface area contributed by atoms with Gasteiger partial charge in [0, 0.05) is 23.2 Å². The van der Waals surface area contributed by atoms with E-state index >= 15 is 0 Å². The fraction of sp³-hybridized carbons (Fsp3) is 0.0769. The molecule has 78 valence electrons. The highest BCUT2D eigenvalue weighted by Gasteiger charge is 2.04. The molecule has 0 amide bonds. The minimum Gasteiger partial charge on any atom is -0.339 e. The molecular formula is C13H11N3. The van der Waals surface area contributed by atoms with Gasteiger partial charge in [0.2, 0.25) is 0 Å². The first-order valence-corrected chi connectivity index (χ1v) is 5.23. The van der Waals surface area contributed by atoms with Crippen LogP contribution in [0.2, 0.25) is 0 Å². The van der Waals surface area contributed by atoms with Crippen LogP contribution in [-0.2, 0) is 0 Å². The van der Waals surface area contributed by atoms with E-state index in [1.165, 1.54) is 0 Å². The van der Waals surface area contributed by atoms with E-state index in [9.17, 15) is 0 Å². The van der Waals surface area contributed by atoms with Crippen molar-refractivity contribution in [2.45, 2.75) is 6.92 Å². The maximum absolute atomic E-state index is 4.53. The van der Waals surface area contributed by atoms with E-state index in [0.717, 1.165) is 27.6 Å². The van der Waals surface area contributed by atoms with Crippen molar-refractivity contribution >= 4 is 28.0 Å². The Hall–Kier alpha value is -2.16. The second-order valence-electron chi connectivity index (χ2n) is 3.68. The summed E-state index contributed by atoms with van der Waals surface area (Å²) >= 11 is 0. The Balaban J connectivity index is 2.36. The number of rotatable bonds is 1. The number of hydrogen-bond donors (Lipinski definition) is 1. The van der Waals surface area contributed by atoms with E-state index in [2.05, 4.69) is 21.0 Å². The lowest BCUT2D eigenvalue weighted by Crippen LogP contribution is -1.80. The molecule has 3 aromatic heterocycles. The Kier molecular flexibility index (Phi) is 1.96. The van der Waals surface area contributed by atoms with Gasteiger partial charge in [-0.25, -0.2) is 4.98 Å². The van der Waals surface area contributed by atoms with Gasteiger partial charge >= 0.3 is 0 Å². The first kappa shape index (κ1) is 9.09. The van der Waals surface area contributed by atoms with Crippen LogP contribution < -0.4 is 0 Å². The Morgan fingerprint density at radius 2 is 2.12 bits per heavy atom. The number of nitrogens with zero attached hydrogens (tertiary/aromatic N) is 2. The maximum Gasteiger partial charge on any atom is 0.139 e. The zero-order valence-corrected chi connectivity index (χ0v) is 8.94. The molecule has 1 N–H and O–H groups in total. The van der Waals surface area contributed by atoms with Gasteiger partial charge in [0.1, 0.15) is 5.65 Å². The SMILES string of the molecule is C/C=C\c1ccc2c(n1)[nH]c1ccncc12. The number of H-pyrrole nitrogens is 1. The highest BCUT2D eigenvalue weighted by Crippen LogP contribution is 2.23. The maximum atomic E-state index is 4.53. The smallest absolute Gasteiger partial charge is 0.139 e. The predicted molar refractivity (Wildman–Crippen MR) is 66.1 cm³/mol. The summed E-state index contributed by atoms with van der Waals surface area (Å²) in [4.78, 5) is 12.0. The van der Waals surface area contributed by atoms with Crippen LogP contribution in [0.3, 0.4) is 0 Å². The molecule has 0 atom stereocenters. The number of nitrogens with one attached hydrogen (secondary N) is 1. The summed E-state index contributed by atoms with van der Waals surface area (Å²) in [7, 11) is 0. The van der Waals surface area contributed by atoms with E-state index in [0.29, 0.717) is 0 Å². The molecule has 0 aliphatic rings. The van der Waals surface area contributed by atoms with Crippen LogP contribution in [-0.4, -0.2) is 15.0 Å². The highest BCUT2D eigenvalue weighted by atomic mass is 14.9. The van der Waals surface area contributed by atoms with Crippen LogP contribution in [0.15, 0.2) is 36.7 Å². The zero-order valence-electron chi connectivity index (χ0n) is 8.94. The standard InChI is InChI=1S/C13H11N3/c1-2-3-9-4-5-10-11-8-14-7-6-12(11)16-13(10)15-9/h2-8H,1H3,(H,15,16)/b3-2-. The lowest BCUT2D eigenvalue weighted by Gasteiger charge is -1.92. The summed E-state index contributed by atoms with van der Waals surface area (Å²) in [6.45, 7) is 1.99. The monoisotopic (exact) mass is 209 g/mol. The van der Waals surface area contributed by atoms with Crippen LogP contribution in [0.25, 0.3) is 28.0 Å². The van der Waals surface area contributed by atoms with E-state index in [1.807, 2.05) is 37.4 Å². The molecule has 3 nitrogen and oxygen atoms in total. The van der Waals surface area contributed by atoms with Gasteiger partial charge in [0.05, 0.1) is 11.2 Å². The summed E-state index contributed by atoms with van der Waals surface area (Å²) in [5, 5.41) is 2.24. The third kappa shape index (κ3) is 1.29. The lowest BCUT2D eigenvalue weighted by atomic mass is 10.2. The molecule has 3 heteroatoms. The van der Waals surface area contributed by atoms with E-state index in [4.69, 9.17) is 0 Å². The summed E-state index contributed by atoms with van der Waals surface area (Å²) in [6.07, 6.45) is 7.62. The summed E-state index contributed by atoms with van der Waals surface area (Å²) in [5.41, 5.74) is 2.96. The van der Waals surface area contributed by atoms with E-state index < -0.39 is 0 Å². The lowest BCUT2D eigenvalue weighted by molar-refractivity contribution is 1.31. The summed E-state index contributed by atoms with van der Waals surface area (Å²) in [6, 6.07) is 6.06. The van der Waals surface area contributed by atoms with Crippen molar-refractivity contribution in [1.82, 2.24) is 15.0 Å². The number of hydrogen-bond acceptors (Lipinski definition) is 2. The van der Waals surface area contributed by atoms with Gasteiger partial charge in [-0.3, -0.25) is 4.98 Å². The van der Waals surface area contributed by atoms with Gasteiger partial charge in [-0.05, 0) is 31.2 Å². The normalized spacial score (nSPS) is 11.8. The zero-order chi connectivity index (χ0) is 11.0. The minimum absolute atomic E-state index is 0.915. The molecule has 0 radical (unpaired) electrons. The molecule has 0 saturated carbocycles. The fourth-order valence-electron chi connectivity index (χ4n) is 1.90. The van der Waals surface area contributed by atoms with Gasteiger partial charge in [0.25, 0.3) is 0 Å². The van der Waals surface area contributed by atoms with Gasteiger partial charge in [-0.1, -0.05) is 6.08 Å². The molecule has 0 spiro atoms. The van der Waals surface area contributed by atoms with Crippen LogP contribution in [0.1, 0.15) is 12.6 Å². The molecule has 0 aliphatic heterocycles. The third-order valence-electron chi connectivity index (χ3n) is 2.62. The largest absolute Gasteiger partial charge is 0.339 e. The topological polar surface area (TPSA) is 41.6 Å². The van der Waals surface area contributed by atoms with Crippen molar-refractivity contribution < 1.29 is 0 Å². The Labute approximate surface area is 92.8 Å². The molecule has 3 aromatic rings. The number of aromatic nitrogens is 3. The highest BCUT2D eigenvalue weighted by molar-refractivity contribution is 6.05. The first-order chi connectivity index (χ1) is 7.88. The third-order valence-corrected chi connectivity index (χ3v) is 2.62. The molecule has 0 aliphatic carbocycles. The Bertz CT molecular complexity index is 680. The van der Waals surface area contributed by atoms with Crippen molar-refractivity contribution in [2.75, 3.05) is 0 Å². The van der Waals surface area contributed by atoms with Crippen LogP contribution >= 0.6 is 0 Å². The van der Waals surface area contributed by atoms with Crippen molar-refractivity contribution in [1.29, 1.82) is 0 Å². The Morgan fingerprint density at radius 1 is 1.19 bits per heavy atom. The molecule has 3 heterocycles.